The van der Waals surface area contributed by atoms with Crippen molar-refractivity contribution in [2.75, 3.05) is 0 Å². The quantitative estimate of drug-likeness (QED) is 0.418. The molecule has 0 aromatic carbocycles. The highest BCUT2D eigenvalue weighted by Gasteiger charge is 2.50. The molecule has 0 spiro atoms. The van der Waals surface area contributed by atoms with Crippen molar-refractivity contribution in [2.24, 2.45) is 0 Å². The molecule has 80 valence electrons. The normalized spacial score (nSPS) is 33.5. The number of nitro groups is 1. The van der Waals surface area contributed by atoms with Crippen LogP contribution in [0.1, 0.15) is 25.3 Å². The second kappa shape index (κ2) is 3.03. The van der Waals surface area contributed by atoms with E-state index in [1.54, 1.807) is 10.8 Å². The van der Waals surface area contributed by atoms with Crippen LogP contribution in [-0.4, -0.2) is 26.7 Å². The van der Waals surface area contributed by atoms with Gasteiger partial charge >= 0.3 is 5.95 Å². The van der Waals surface area contributed by atoms with Crippen LogP contribution in [0.2, 0.25) is 0 Å². The van der Waals surface area contributed by atoms with E-state index < -0.39 is 4.92 Å². The maximum Gasteiger partial charge on any atom is 0.434 e. The molecule has 0 bridgehead atoms. The molecule has 1 aromatic rings. The molecule has 1 aromatic heterocycles. The van der Waals surface area contributed by atoms with Crippen LogP contribution in [-0.2, 0) is 4.74 Å². The average Bonchev–Trinajstić information content (AvgIpc) is 2.84. The maximum atomic E-state index is 10.7. The van der Waals surface area contributed by atoms with Crippen molar-refractivity contribution in [3.63, 3.8) is 0 Å². The summed E-state index contributed by atoms with van der Waals surface area (Å²) in [5, 5.41) is 10.7. The number of imidazole rings is 1. The molecule has 1 saturated heterocycles. The smallest absolute Gasteiger partial charge is 0.390 e. The van der Waals surface area contributed by atoms with E-state index in [0.29, 0.717) is 6.10 Å². The van der Waals surface area contributed by atoms with E-state index in [9.17, 15) is 10.1 Å². The molecule has 0 radical (unpaired) electrons. The Labute approximate surface area is 86.0 Å². The van der Waals surface area contributed by atoms with Crippen LogP contribution in [0.3, 0.4) is 0 Å². The Bertz CT molecular complexity index is 403. The molecule has 0 N–H and O–H groups in total. The van der Waals surface area contributed by atoms with Crippen LogP contribution in [0.4, 0.5) is 5.95 Å². The van der Waals surface area contributed by atoms with Crippen molar-refractivity contribution < 1.29 is 9.66 Å². The first-order valence-electron chi connectivity index (χ1n) is 5.10. The molecule has 1 aliphatic heterocycles. The van der Waals surface area contributed by atoms with Crippen LogP contribution in [0, 0.1) is 10.1 Å². The van der Waals surface area contributed by atoms with E-state index in [1.165, 1.54) is 6.20 Å². The van der Waals surface area contributed by atoms with Crippen molar-refractivity contribution in [3.8, 4) is 0 Å². The number of rotatable bonds is 2. The third kappa shape index (κ3) is 1.32. The SMILES string of the molecule is O=[N+]([O-])c1nccn1[C@@H]1CCC[C@@H]2O[C@@H]21. The first-order chi connectivity index (χ1) is 7.27. The van der Waals surface area contributed by atoms with Crippen molar-refractivity contribution in [2.45, 2.75) is 37.5 Å². The molecule has 0 unspecified atom stereocenters. The summed E-state index contributed by atoms with van der Waals surface area (Å²) in [6.45, 7) is 0. The third-order valence-corrected chi connectivity index (χ3v) is 3.16. The maximum absolute atomic E-state index is 10.7. The zero-order chi connectivity index (χ0) is 10.4. The van der Waals surface area contributed by atoms with Gasteiger partial charge in [-0.2, -0.15) is 0 Å². The fraction of sp³-hybridized carbons (Fsp3) is 0.667. The summed E-state index contributed by atoms with van der Waals surface area (Å²) in [4.78, 5) is 14.0. The van der Waals surface area contributed by atoms with Gasteiger partial charge in [0.15, 0.2) is 0 Å². The second-order valence-electron chi connectivity index (χ2n) is 4.03. The number of ether oxygens (including phenoxy) is 1. The van der Waals surface area contributed by atoms with Gasteiger partial charge < -0.3 is 14.9 Å². The topological polar surface area (TPSA) is 73.5 Å². The van der Waals surface area contributed by atoms with Crippen molar-refractivity contribution in [3.05, 3.63) is 22.5 Å². The predicted molar refractivity (Wildman–Crippen MR) is 50.4 cm³/mol. The minimum atomic E-state index is -0.438. The van der Waals surface area contributed by atoms with Crippen molar-refractivity contribution >= 4 is 5.95 Å². The van der Waals surface area contributed by atoms with Crippen molar-refractivity contribution in [1.82, 2.24) is 9.55 Å². The predicted octanol–water partition coefficient (Wildman–Crippen LogP) is 1.28. The van der Waals surface area contributed by atoms with Crippen LogP contribution in [0.5, 0.6) is 0 Å². The molecule has 15 heavy (non-hydrogen) atoms. The van der Waals surface area contributed by atoms with Crippen molar-refractivity contribution in [1.29, 1.82) is 0 Å². The van der Waals surface area contributed by atoms with Crippen LogP contribution in [0.25, 0.3) is 0 Å². The van der Waals surface area contributed by atoms with E-state index in [4.69, 9.17) is 4.74 Å². The van der Waals surface area contributed by atoms with Gasteiger partial charge in [0.25, 0.3) is 0 Å². The largest absolute Gasteiger partial charge is 0.434 e. The highest BCUT2D eigenvalue weighted by Crippen LogP contribution is 2.44. The Morgan fingerprint density at radius 2 is 2.47 bits per heavy atom. The third-order valence-electron chi connectivity index (χ3n) is 3.16. The Morgan fingerprint density at radius 1 is 1.60 bits per heavy atom. The fourth-order valence-electron chi connectivity index (χ4n) is 2.42. The van der Waals surface area contributed by atoms with Gasteiger partial charge in [-0.25, -0.2) is 4.57 Å². The highest BCUT2D eigenvalue weighted by molar-refractivity contribution is 5.12. The number of hydrogen-bond donors (Lipinski definition) is 0. The fourth-order valence-corrected chi connectivity index (χ4v) is 2.42. The summed E-state index contributed by atoms with van der Waals surface area (Å²) in [7, 11) is 0. The van der Waals surface area contributed by atoms with Crippen LogP contribution >= 0.6 is 0 Å². The van der Waals surface area contributed by atoms with Crippen LogP contribution < -0.4 is 0 Å². The van der Waals surface area contributed by atoms with Gasteiger partial charge in [-0.05, 0) is 24.2 Å². The molecule has 6 nitrogen and oxygen atoms in total. The summed E-state index contributed by atoms with van der Waals surface area (Å²) in [6, 6.07) is 0.103. The number of hydrogen-bond acceptors (Lipinski definition) is 4. The zero-order valence-electron chi connectivity index (χ0n) is 8.07. The summed E-state index contributed by atoms with van der Waals surface area (Å²) < 4.78 is 7.12. The summed E-state index contributed by atoms with van der Waals surface area (Å²) >= 11 is 0. The lowest BCUT2D eigenvalue weighted by atomic mass is 9.95. The number of fused-ring (bicyclic) bond motifs is 1. The van der Waals surface area contributed by atoms with E-state index >= 15 is 0 Å². The molecule has 2 aliphatic rings. The van der Waals surface area contributed by atoms with Gasteiger partial charge in [0.1, 0.15) is 24.5 Å². The Morgan fingerprint density at radius 3 is 3.27 bits per heavy atom. The number of aromatic nitrogens is 2. The highest BCUT2D eigenvalue weighted by atomic mass is 16.6. The Hall–Kier alpha value is -1.43. The molecule has 6 heteroatoms. The van der Waals surface area contributed by atoms with Crippen LogP contribution in [0.15, 0.2) is 12.4 Å². The lowest BCUT2D eigenvalue weighted by molar-refractivity contribution is -0.397. The van der Waals surface area contributed by atoms with Gasteiger partial charge in [0.05, 0.1) is 6.10 Å². The molecule has 3 atom stereocenters. The lowest BCUT2D eigenvalue weighted by Crippen LogP contribution is -2.21. The van der Waals surface area contributed by atoms with Gasteiger partial charge in [0, 0.05) is 0 Å². The summed E-state index contributed by atoms with van der Waals surface area (Å²) in [5.41, 5.74) is 0. The van der Waals surface area contributed by atoms with Gasteiger partial charge in [0.2, 0.25) is 0 Å². The van der Waals surface area contributed by atoms with E-state index in [0.717, 1.165) is 19.3 Å². The second-order valence-corrected chi connectivity index (χ2v) is 4.03. The first-order valence-corrected chi connectivity index (χ1v) is 5.10. The standard InChI is InChI=1S/C9H11N3O3/c13-12(14)9-10-4-5-11(9)6-2-1-3-7-8(6)15-7/h4-8H,1-3H2/t6-,7+,8-/m1/s1. The summed E-state index contributed by atoms with van der Waals surface area (Å²) in [5.74, 6) is -0.0730. The van der Waals surface area contributed by atoms with E-state index in [1.807, 2.05) is 0 Å². The van der Waals surface area contributed by atoms with E-state index in [2.05, 4.69) is 4.98 Å². The molecular formula is C9H11N3O3. The molecule has 2 fully saturated rings. The first kappa shape index (κ1) is 8.84. The number of nitrogens with zero attached hydrogens (tertiary/aromatic N) is 3. The number of epoxide rings is 1. The Balaban J connectivity index is 1.91. The van der Waals surface area contributed by atoms with Gasteiger partial charge in [-0.1, -0.05) is 4.98 Å². The molecule has 3 rings (SSSR count). The molecule has 2 heterocycles. The molecule has 0 amide bonds. The summed E-state index contributed by atoms with van der Waals surface area (Å²) in [6.07, 6.45) is 6.75. The van der Waals surface area contributed by atoms with Gasteiger partial charge in [-0.15, -0.1) is 0 Å². The molecule has 1 saturated carbocycles. The monoisotopic (exact) mass is 209 g/mol. The molecule has 1 aliphatic carbocycles. The molecular weight excluding hydrogens is 198 g/mol. The lowest BCUT2D eigenvalue weighted by Gasteiger charge is -2.16. The van der Waals surface area contributed by atoms with Gasteiger partial charge in [-0.3, -0.25) is 0 Å². The minimum Gasteiger partial charge on any atom is -0.390 e. The zero-order valence-corrected chi connectivity index (χ0v) is 8.07. The average molecular weight is 209 g/mol. The Kier molecular flexibility index (Phi) is 1.79. The minimum absolute atomic E-state index is 0.0730. The van der Waals surface area contributed by atoms with E-state index in [-0.39, 0.29) is 18.1 Å².